The normalized spacial score (nSPS) is 13.1. The number of carbonyl (C=O) groups is 13. The number of nitrogens with two attached hydrogens (primary N) is 1. The van der Waals surface area contributed by atoms with Crippen molar-refractivity contribution in [1.29, 1.82) is 0 Å². The van der Waals surface area contributed by atoms with Crippen LogP contribution in [0.2, 0.25) is 0 Å². The summed E-state index contributed by atoms with van der Waals surface area (Å²) < 4.78 is 27.2. The summed E-state index contributed by atoms with van der Waals surface area (Å²) in [6.07, 6.45) is 8.51. The number of halogens is 2. The number of carbonyl (C=O) groups excluding carboxylic acids is 13. The molecule has 0 fully saturated rings. The van der Waals surface area contributed by atoms with Crippen LogP contribution in [0, 0.1) is 24.4 Å². The fraction of sp³-hybridized carbons (Fsp3) is 0.566. The summed E-state index contributed by atoms with van der Waals surface area (Å²) in [7, 11) is 0. The van der Waals surface area contributed by atoms with E-state index in [0.717, 1.165) is 51.0 Å². The van der Waals surface area contributed by atoms with E-state index in [2.05, 4.69) is 37.5 Å². The monoisotopic (exact) mass is 1190 g/mol. The van der Waals surface area contributed by atoms with E-state index < -0.39 is 71.6 Å². The second-order valence-electron chi connectivity index (χ2n) is 15.2. The third kappa shape index (κ3) is 33.2. The number of allylic oxidation sites excluding steroid dienone is 4. The first-order chi connectivity index (χ1) is 34.5. The molecule has 0 bridgehead atoms. The maximum atomic E-state index is 12.3. The predicted molar refractivity (Wildman–Crippen MR) is 292 cm³/mol. The van der Waals surface area contributed by atoms with E-state index in [4.69, 9.17) is 21.6 Å². The molecule has 3 radical (unpaired) electrons. The van der Waals surface area contributed by atoms with Crippen LogP contribution in [-0.4, -0.2) is 134 Å². The summed E-state index contributed by atoms with van der Waals surface area (Å²) in [4.78, 5) is 146. The molecule has 27 heteroatoms. The number of carboxylic acids is 1. The van der Waals surface area contributed by atoms with Crippen molar-refractivity contribution in [1.82, 2.24) is 9.80 Å². The van der Waals surface area contributed by atoms with Crippen LogP contribution in [0.5, 0.6) is 0 Å². The molecule has 2 N–H and O–H groups in total. The Hall–Kier alpha value is -5.69. The van der Waals surface area contributed by atoms with Gasteiger partial charge in [-0.3, -0.25) is 52.6 Å². The number of ether oxygens (including phenoxy) is 6. The second kappa shape index (κ2) is 50.3. The first kappa shape index (κ1) is 93.6. The number of fused-ring (bicyclic) bond motifs is 2. The molecule has 449 valence electrons. The van der Waals surface area contributed by atoms with Crippen LogP contribution in [0.4, 0.5) is 4.70 Å². The number of rotatable bonds is 17. The number of amides is 2. The van der Waals surface area contributed by atoms with Gasteiger partial charge in [0.2, 0.25) is 5.24 Å². The van der Waals surface area contributed by atoms with E-state index in [-0.39, 0.29) is 142 Å². The third-order valence-corrected chi connectivity index (χ3v) is 9.19. The van der Waals surface area contributed by atoms with Crippen molar-refractivity contribution in [2.45, 2.75) is 151 Å². The van der Waals surface area contributed by atoms with Crippen molar-refractivity contribution in [3.05, 3.63) is 45.2 Å². The molecule has 0 saturated carbocycles. The minimum Gasteiger partial charge on any atom is -0.550 e. The van der Waals surface area contributed by atoms with Crippen molar-refractivity contribution in [2.24, 2.45) is 17.6 Å². The molecule has 4 rings (SSSR count). The van der Waals surface area contributed by atoms with Gasteiger partial charge in [0.1, 0.15) is 64.4 Å². The molecule has 2 unspecified atom stereocenters. The van der Waals surface area contributed by atoms with Gasteiger partial charge in [0, 0.05) is 41.2 Å². The van der Waals surface area contributed by atoms with E-state index >= 15 is 0 Å². The molecule has 0 saturated heterocycles. The summed E-state index contributed by atoms with van der Waals surface area (Å²) in [6, 6.07) is 0. The van der Waals surface area contributed by atoms with Gasteiger partial charge >= 0.3 is 87.2 Å². The molecule has 0 aromatic rings. The number of Topliss-reactive ketones (excluding diaryl/α,β-unsaturated/α-hetero) is 3. The number of esters is 6. The second-order valence-corrected chi connectivity index (χ2v) is 15.8. The zero-order valence-electron chi connectivity index (χ0n) is 46.5. The molecule has 0 aliphatic carbocycles. The van der Waals surface area contributed by atoms with Gasteiger partial charge in [-0.2, -0.15) is 0 Å². The Bertz CT molecular complexity index is 2200. The van der Waals surface area contributed by atoms with Gasteiger partial charge in [0.25, 0.3) is 11.8 Å². The number of hydrogen-bond acceptors (Lipinski definition) is 21. The molecule has 4 aliphatic rings. The van der Waals surface area contributed by atoms with Crippen molar-refractivity contribution < 1.29 is 153 Å². The van der Waals surface area contributed by atoms with E-state index in [1.807, 2.05) is 27.7 Å². The van der Waals surface area contributed by atoms with Gasteiger partial charge in [0.05, 0.1) is 43.4 Å². The molecule has 23 nitrogen and oxygen atoms in total. The van der Waals surface area contributed by atoms with Crippen LogP contribution in [0.15, 0.2) is 45.2 Å². The number of hydrogen-bond donors (Lipinski definition) is 1. The van der Waals surface area contributed by atoms with Crippen molar-refractivity contribution in [3.8, 4) is 12.5 Å². The number of ketones is 3. The topological polar surface area (TPSA) is 333 Å². The Balaban J connectivity index is -0.0000000941. The molecule has 2 atom stereocenters. The Kier molecular flexibility index (Phi) is 58.9. The van der Waals surface area contributed by atoms with E-state index in [1.54, 1.807) is 43.6 Å². The molecular weight excluding hydrogens is 1100 g/mol. The molecule has 0 aromatic carbocycles. The van der Waals surface area contributed by atoms with Gasteiger partial charge in [-0.05, 0) is 107 Å². The molecule has 0 spiro atoms. The smallest absolute Gasteiger partial charge is 0.550 e. The van der Waals surface area contributed by atoms with Gasteiger partial charge in [0.15, 0.2) is 0 Å². The molecule has 2 amide bonds. The summed E-state index contributed by atoms with van der Waals surface area (Å²) >= 11 is 4.64. The van der Waals surface area contributed by atoms with Crippen molar-refractivity contribution >= 4 is 96.2 Å². The van der Waals surface area contributed by atoms with Crippen LogP contribution < -0.4 is 62.2 Å². The maximum absolute atomic E-state index is 12.3. The van der Waals surface area contributed by atoms with Crippen LogP contribution >= 0.6 is 11.6 Å². The van der Waals surface area contributed by atoms with Gasteiger partial charge < -0.3 is 53.9 Å². The quantitative estimate of drug-likeness (QED) is 0.0544. The van der Waals surface area contributed by atoms with Gasteiger partial charge in [-0.1, -0.05) is 49.5 Å². The Morgan fingerprint density at radius 2 is 0.938 bits per heavy atom. The maximum Gasteiger partial charge on any atom is 1.00 e. The van der Waals surface area contributed by atoms with Crippen LogP contribution in [-0.2, 0) is 90.8 Å². The Morgan fingerprint density at radius 1 is 0.625 bits per heavy atom. The number of nitrogens with zero attached hydrogens (tertiary/aromatic N) is 2. The molecule has 4 aliphatic heterocycles. The summed E-state index contributed by atoms with van der Waals surface area (Å²) in [5.41, 5.74) is 8.47. The first-order valence-corrected chi connectivity index (χ1v) is 23.5. The zero-order chi connectivity index (χ0) is 58.2. The van der Waals surface area contributed by atoms with Crippen molar-refractivity contribution in [3.63, 3.8) is 0 Å². The first-order valence-electron chi connectivity index (χ1n) is 23.1. The summed E-state index contributed by atoms with van der Waals surface area (Å²) in [5, 5.41) is 9.31. The Morgan fingerprint density at radius 3 is 1.19 bits per heavy atom. The molecule has 4 heterocycles. The summed E-state index contributed by atoms with van der Waals surface area (Å²) in [6.45, 7) is 25.4. The number of terminal acetylenes is 1. The predicted octanol–water partition coefficient (Wildman–Crippen LogP) is 2.06. The standard InChI is InChI=1S/C14H20N2O2.C12H14O6.C8H6O4.C6H10O3.C5H8O4.C3H9N.C2H3ClO.3CH4.B.FH.K.H2/c1-5-7-15-9(3)11-12(13(15)17)10(4)16(8-6-2)14(11)18;1-5-17-11(15)9(7(3)13)10(8(4)14)12(16)18-6-2;1-3-5-6(8(10)11-3)4(2)12-7(5)9;1-3-9-6(8)4-5(2)7;1-2-9-5(8)3-4(6)7;1-2-3-4;1-2(3)4;;;;;;;/h5-8H2,1-4H3;1,9-10H,6H2,2-4H3;1-2H3;3-4H2,1-2H3;2-3H2,1H3,(H,6,7);2-4H2,1H3;1H3;3*1H4;;1H;;1H/q;;;;;;;;;;;;+1;/p-1/i;;;;;;;;;;;;;1+1. The van der Waals surface area contributed by atoms with Gasteiger partial charge in [-0.15, -0.1) is 0 Å². The Labute approximate surface area is 521 Å². The van der Waals surface area contributed by atoms with Crippen LogP contribution in [0.25, 0.3) is 0 Å². The average molecular weight is 1190 g/mol. The fourth-order valence-corrected chi connectivity index (χ4v) is 6.21. The third-order valence-electron chi connectivity index (χ3n) is 9.19. The number of aliphatic carboxylic acids is 1. The van der Waals surface area contributed by atoms with Gasteiger partial charge in [-0.25, -0.2) is 9.59 Å². The largest absolute Gasteiger partial charge is 1.00 e. The van der Waals surface area contributed by atoms with Crippen molar-refractivity contribution in [2.75, 3.05) is 39.5 Å². The van der Waals surface area contributed by atoms with E-state index in [1.165, 1.54) is 20.8 Å². The minimum absolute atomic E-state index is 0. The average Bonchev–Trinajstić information content (AvgIpc) is 3.94. The SMILES string of the molecule is C.C.C.C#COC(=O)C(C(C)=O)C(C(C)=O)C(=O)OCC.CC(=O)Cl.CC1=C2C(=O)OC(C)=C2C(=O)O1.CCCN.CCCN1C(=O)C2=C(C)N(CCC)C(=O)C2=C1C.CCOC(=O)CC(=O)[O-].CCOC(=O)CC(C)=O.F.[2HH].[B].[K+]. The molecular formula is C53H84BClFKN3O20. The zero-order valence-corrected chi connectivity index (χ0v) is 50.4. The van der Waals surface area contributed by atoms with E-state index in [9.17, 15) is 67.4 Å². The van der Waals surface area contributed by atoms with E-state index in [0.29, 0.717) is 42.4 Å². The van der Waals surface area contributed by atoms with Crippen LogP contribution in [0.3, 0.4) is 0 Å². The minimum atomic E-state index is -1.57. The molecule has 0 aromatic heterocycles. The fourth-order valence-electron chi connectivity index (χ4n) is 6.21. The number of cyclic esters (lactones) is 2. The van der Waals surface area contributed by atoms with Crippen LogP contribution in [0.1, 0.15) is 153 Å². The number of carboxylic acid groups (broad SMARTS) is 1. The summed E-state index contributed by atoms with van der Waals surface area (Å²) in [5.74, 6) is -9.61. The molecule has 80 heavy (non-hydrogen) atoms.